The maximum Gasteiger partial charge on any atom is 0.441 e. The predicted molar refractivity (Wildman–Crippen MR) is 51.5 cm³/mol. The van der Waals surface area contributed by atoms with E-state index in [0.29, 0.717) is 0 Å². The van der Waals surface area contributed by atoms with Crippen molar-refractivity contribution in [2.75, 3.05) is 27.7 Å². The minimum absolute atomic E-state index is 0.0618. The number of aliphatic hydroxyl groups is 3. The molecule has 0 spiro atoms. The smallest absolute Gasteiger partial charge is 0.441 e. The molecule has 0 heterocycles. The summed E-state index contributed by atoms with van der Waals surface area (Å²) < 4.78 is -0.536. The maximum absolute atomic E-state index is 10.5. The van der Waals surface area contributed by atoms with Gasteiger partial charge in [0.1, 0.15) is 6.54 Å². The van der Waals surface area contributed by atoms with E-state index >= 15 is 0 Å². The van der Waals surface area contributed by atoms with E-state index in [0.717, 1.165) is 0 Å². The Balaban J connectivity index is 4.47. The highest BCUT2D eigenvalue weighted by Crippen LogP contribution is 2.13. The summed E-state index contributed by atoms with van der Waals surface area (Å²) in [5.74, 6) is -0.992. The number of carboxylic acid groups (broad SMARTS) is 1. The van der Waals surface area contributed by atoms with Crippen molar-refractivity contribution < 1.29 is 29.7 Å². The largest absolute Gasteiger partial charge is 0.481 e. The van der Waals surface area contributed by atoms with Gasteiger partial charge in [-0.3, -0.25) is 20.1 Å². The van der Waals surface area contributed by atoms with Crippen LogP contribution in [0.4, 0.5) is 0 Å². The van der Waals surface area contributed by atoms with Crippen molar-refractivity contribution in [3.63, 3.8) is 0 Å². The fraction of sp³-hybridized carbons (Fsp3) is 0.875. The summed E-state index contributed by atoms with van der Waals surface area (Å²) in [6, 6.07) is -0.455. The van der Waals surface area contributed by atoms with Crippen LogP contribution in [0.1, 0.15) is 6.42 Å². The minimum Gasteiger partial charge on any atom is -0.481 e. The molecule has 0 radical (unpaired) electrons. The summed E-state index contributed by atoms with van der Waals surface area (Å²) in [5, 5.41) is 38.4. The Morgan fingerprint density at radius 3 is 2.13 bits per heavy atom. The molecular formula is C8H19N2O5+. The second-order valence-electron chi connectivity index (χ2n) is 4.05. The lowest BCUT2D eigenvalue weighted by Gasteiger charge is -2.37. The van der Waals surface area contributed by atoms with Gasteiger partial charge in [0.25, 0.3) is 0 Å². The van der Waals surface area contributed by atoms with Crippen molar-refractivity contribution in [2.24, 2.45) is 0 Å². The second kappa shape index (κ2) is 4.86. The van der Waals surface area contributed by atoms with Gasteiger partial charge in [0.05, 0.1) is 26.6 Å². The zero-order valence-corrected chi connectivity index (χ0v) is 9.14. The molecule has 0 amide bonds. The first-order valence-corrected chi connectivity index (χ1v) is 4.49. The number of carboxylic acids is 1. The van der Waals surface area contributed by atoms with E-state index in [1.54, 1.807) is 7.05 Å². The first-order valence-electron chi connectivity index (χ1n) is 4.49. The molecule has 90 valence electrons. The number of carbonyl (C=O) groups is 1. The molecule has 0 rings (SSSR count). The molecule has 7 heteroatoms. The van der Waals surface area contributed by atoms with Gasteiger partial charge in [-0.25, -0.2) is 4.48 Å². The zero-order valence-electron chi connectivity index (χ0n) is 9.14. The quantitative estimate of drug-likeness (QED) is 0.256. The summed E-state index contributed by atoms with van der Waals surface area (Å²) >= 11 is 0. The summed E-state index contributed by atoms with van der Waals surface area (Å²) in [7, 11) is 4.33. The maximum atomic E-state index is 10.5. The standard InChI is InChI=1S/C8H18N2O5/c1-9-6(4-7(11)12)5-10(2,3)8(13,14)15/h6,9,13-15H,4-5H2,1-3H3/p+1. The van der Waals surface area contributed by atoms with Crippen LogP contribution in [0.25, 0.3) is 0 Å². The first kappa shape index (κ1) is 14.3. The van der Waals surface area contributed by atoms with Gasteiger partial charge < -0.3 is 10.4 Å². The number of hydrogen-bond donors (Lipinski definition) is 5. The van der Waals surface area contributed by atoms with Gasteiger partial charge in [-0.15, -0.1) is 0 Å². The lowest BCUT2D eigenvalue weighted by Crippen LogP contribution is -2.63. The molecule has 7 nitrogen and oxygen atoms in total. The monoisotopic (exact) mass is 223 g/mol. The van der Waals surface area contributed by atoms with Crippen LogP contribution >= 0.6 is 0 Å². The van der Waals surface area contributed by atoms with Crippen molar-refractivity contribution in [3.8, 4) is 0 Å². The Bertz CT molecular complexity index is 224. The third-order valence-electron chi connectivity index (χ3n) is 2.32. The molecule has 0 aliphatic carbocycles. The molecule has 5 N–H and O–H groups in total. The van der Waals surface area contributed by atoms with E-state index in [4.69, 9.17) is 20.4 Å². The van der Waals surface area contributed by atoms with Crippen molar-refractivity contribution in [1.29, 1.82) is 0 Å². The summed E-state index contributed by atoms with van der Waals surface area (Å²) in [6.45, 7) is 0.0618. The van der Waals surface area contributed by atoms with Crippen LogP contribution in [0.3, 0.4) is 0 Å². The number of aliphatic carboxylic acids is 1. The number of nitrogens with one attached hydrogen (secondary N) is 1. The van der Waals surface area contributed by atoms with Crippen LogP contribution in [0.2, 0.25) is 0 Å². The van der Waals surface area contributed by atoms with Crippen molar-refractivity contribution in [3.05, 3.63) is 0 Å². The molecule has 0 aromatic carbocycles. The van der Waals surface area contributed by atoms with Crippen LogP contribution in [-0.4, -0.2) is 70.7 Å². The Hall–Kier alpha value is -0.730. The van der Waals surface area contributed by atoms with Gasteiger partial charge in [0.2, 0.25) is 0 Å². The van der Waals surface area contributed by atoms with E-state index in [1.165, 1.54) is 14.1 Å². The van der Waals surface area contributed by atoms with Gasteiger partial charge >= 0.3 is 12.1 Å². The van der Waals surface area contributed by atoms with Crippen molar-refractivity contribution in [2.45, 2.75) is 18.6 Å². The minimum atomic E-state index is -2.88. The SMILES string of the molecule is CNC(CC(=O)O)C[N+](C)(C)C(O)(O)O. The van der Waals surface area contributed by atoms with Crippen LogP contribution in [0.5, 0.6) is 0 Å². The van der Waals surface area contributed by atoms with Gasteiger partial charge in [-0.1, -0.05) is 0 Å². The summed E-state index contributed by atoms with van der Waals surface area (Å²) in [6.07, 6.45) is -3.04. The fourth-order valence-electron chi connectivity index (χ4n) is 1.14. The summed E-state index contributed by atoms with van der Waals surface area (Å²) in [5.41, 5.74) is 0. The number of hydrogen-bond acceptors (Lipinski definition) is 5. The summed E-state index contributed by atoms with van der Waals surface area (Å²) in [4.78, 5) is 10.5. The molecule has 1 unspecified atom stereocenters. The highest BCUT2D eigenvalue weighted by molar-refractivity contribution is 5.67. The number of quaternary nitrogens is 1. The van der Waals surface area contributed by atoms with E-state index in [2.05, 4.69) is 5.32 Å². The topological polar surface area (TPSA) is 110 Å². The molecule has 0 aromatic heterocycles. The molecule has 0 bridgehead atoms. The van der Waals surface area contributed by atoms with Crippen LogP contribution in [0, 0.1) is 0 Å². The molecule has 0 saturated carbocycles. The fourth-order valence-corrected chi connectivity index (χ4v) is 1.14. The first-order chi connectivity index (χ1) is 6.60. The molecule has 0 aliphatic rings. The van der Waals surface area contributed by atoms with E-state index in [1.807, 2.05) is 0 Å². The third kappa shape index (κ3) is 4.54. The highest BCUT2D eigenvalue weighted by atomic mass is 16.7. The average molecular weight is 223 g/mol. The third-order valence-corrected chi connectivity index (χ3v) is 2.32. The molecule has 0 saturated heterocycles. The van der Waals surface area contributed by atoms with Gasteiger partial charge in [-0.05, 0) is 7.05 Å². The lowest BCUT2D eigenvalue weighted by molar-refractivity contribution is -1.03. The van der Waals surface area contributed by atoms with Gasteiger partial charge in [0.15, 0.2) is 0 Å². The predicted octanol–water partition coefficient (Wildman–Crippen LogP) is -2.29. The number of nitrogens with zero attached hydrogens (tertiary/aromatic N) is 1. The average Bonchev–Trinajstić information content (AvgIpc) is 1.99. The van der Waals surface area contributed by atoms with Crippen molar-refractivity contribution in [1.82, 2.24) is 5.32 Å². The normalized spacial score (nSPS) is 15.1. The zero-order chi connectivity index (χ0) is 12.3. The Labute approximate surface area is 88.2 Å². The second-order valence-corrected chi connectivity index (χ2v) is 4.05. The Morgan fingerprint density at radius 1 is 1.40 bits per heavy atom. The molecular weight excluding hydrogens is 204 g/mol. The molecule has 15 heavy (non-hydrogen) atoms. The Morgan fingerprint density at radius 2 is 1.87 bits per heavy atom. The lowest BCUT2D eigenvalue weighted by atomic mass is 10.2. The van der Waals surface area contributed by atoms with E-state index in [-0.39, 0.29) is 13.0 Å². The van der Waals surface area contributed by atoms with E-state index < -0.39 is 22.6 Å². The van der Waals surface area contributed by atoms with Crippen LogP contribution in [-0.2, 0) is 4.79 Å². The molecule has 0 aromatic rings. The Kier molecular flexibility index (Phi) is 4.63. The molecule has 0 aliphatic heterocycles. The van der Waals surface area contributed by atoms with Gasteiger partial charge in [-0.2, -0.15) is 0 Å². The highest BCUT2D eigenvalue weighted by Gasteiger charge is 2.42. The van der Waals surface area contributed by atoms with E-state index in [9.17, 15) is 4.79 Å². The van der Waals surface area contributed by atoms with Crippen LogP contribution in [0.15, 0.2) is 0 Å². The molecule has 0 fully saturated rings. The number of likely N-dealkylation sites (N-methyl/N-ethyl adjacent to an activating group) is 2. The molecule has 1 atom stereocenters. The van der Waals surface area contributed by atoms with Crippen molar-refractivity contribution >= 4 is 5.97 Å². The van der Waals surface area contributed by atoms with Gasteiger partial charge in [0, 0.05) is 0 Å². The number of rotatable bonds is 6. The van der Waals surface area contributed by atoms with Crippen LogP contribution < -0.4 is 5.32 Å².